The van der Waals surface area contributed by atoms with Crippen LogP contribution in [0.25, 0.3) is 0 Å². The molecule has 8 heteroatoms. The van der Waals surface area contributed by atoms with Crippen LogP contribution in [0, 0.1) is 5.92 Å². The van der Waals surface area contributed by atoms with E-state index in [9.17, 15) is 9.59 Å². The van der Waals surface area contributed by atoms with E-state index in [2.05, 4.69) is 10.2 Å². The van der Waals surface area contributed by atoms with Crippen LogP contribution in [0.4, 0.5) is 5.69 Å². The molecule has 1 atom stereocenters. The van der Waals surface area contributed by atoms with Crippen molar-refractivity contribution in [3.05, 3.63) is 48.0 Å². The second-order valence-corrected chi connectivity index (χ2v) is 9.11. The van der Waals surface area contributed by atoms with Gasteiger partial charge >= 0.3 is 0 Å². The molecule has 1 N–H and O–H groups in total. The number of carbonyl (C=O) groups is 2. The van der Waals surface area contributed by atoms with E-state index >= 15 is 0 Å². The van der Waals surface area contributed by atoms with Crippen molar-refractivity contribution in [1.29, 1.82) is 0 Å². The van der Waals surface area contributed by atoms with E-state index in [0.29, 0.717) is 54.8 Å². The summed E-state index contributed by atoms with van der Waals surface area (Å²) < 4.78 is 15.9. The van der Waals surface area contributed by atoms with E-state index in [4.69, 9.17) is 14.2 Å². The van der Waals surface area contributed by atoms with Gasteiger partial charge < -0.3 is 24.4 Å². The standard InChI is InChI=1S/C27H35N3O5/c1-33-22-11-8-20(9-12-22)27(32)30-16-14-29(15-17-30)25(19-6-4-5-7-19)26(31)28-21-10-13-23(34-2)24(18-21)35-3/h8-13,18-19,25H,4-7,14-17H2,1-3H3,(H,28,31). The first-order valence-corrected chi connectivity index (χ1v) is 12.2. The highest BCUT2D eigenvalue weighted by Gasteiger charge is 2.37. The number of hydrogen-bond acceptors (Lipinski definition) is 6. The summed E-state index contributed by atoms with van der Waals surface area (Å²) in [5.74, 6) is 2.26. The molecule has 2 aromatic carbocycles. The smallest absolute Gasteiger partial charge is 0.253 e. The fourth-order valence-electron chi connectivity index (χ4n) is 5.20. The van der Waals surface area contributed by atoms with Crippen molar-refractivity contribution in [1.82, 2.24) is 9.80 Å². The molecule has 2 fully saturated rings. The molecule has 1 aliphatic heterocycles. The lowest BCUT2D eigenvalue weighted by Crippen LogP contribution is -2.56. The largest absolute Gasteiger partial charge is 0.497 e. The molecular weight excluding hydrogens is 446 g/mol. The van der Waals surface area contributed by atoms with Crippen molar-refractivity contribution >= 4 is 17.5 Å². The predicted octanol–water partition coefficient (Wildman–Crippen LogP) is 3.67. The number of carbonyl (C=O) groups excluding carboxylic acids is 2. The number of piperazine rings is 1. The van der Waals surface area contributed by atoms with E-state index in [1.165, 1.54) is 0 Å². The van der Waals surface area contributed by atoms with Crippen molar-refractivity contribution in [2.24, 2.45) is 5.92 Å². The van der Waals surface area contributed by atoms with Crippen LogP contribution in [0.15, 0.2) is 42.5 Å². The molecule has 1 saturated carbocycles. The first kappa shape index (κ1) is 24.9. The van der Waals surface area contributed by atoms with Gasteiger partial charge in [0.25, 0.3) is 5.91 Å². The van der Waals surface area contributed by atoms with Crippen LogP contribution >= 0.6 is 0 Å². The summed E-state index contributed by atoms with van der Waals surface area (Å²) in [6, 6.07) is 12.4. The van der Waals surface area contributed by atoms with Gasteiger partial charge in [-0.15, -0.1) is 0 Å². The van der Waals surface area contributed by atoms with Crippen molar-refractivity contribution in [3.8, 4) is 17.2 Å². The highest BCUT2D eigenvalue weighted by molar-refractivity contribution is 5.96. The highest BCUT2D eigenvalue weighted by atomic mass is 16.5. The van der Waals surface area contributed by atoms with Gasteiger partial charge in [-0.25, -0.2) is 0 Å². The molecule has 1 saturated heterocycles. The summed E-state index contributed by atoms with van der Waals surface area (Å²) in [6.45, 7) is 2.53. The van der Waals surface area contributed by atoms with Crippen LogP contribution in [0.1, 0.15) is 36.0 Å². The SMILES string of the molecule is COc1ccc(C(=O)N2CCN(C(C(=O)Nc3ccc(OC)c(OC)c3)C3CCCC3)CC2)cc1. The zero-order valence-electron chi connectivity index (χ0n) is 20.8. The van der Waals surface area contributed by atoms with Crippen LogP contribution in [0.3, 0.4) is 0 Å². The minimum atomic E-state index is -0.219. The van der Waals surface area contributed by atoms with Crippen LogP contribution in [-0.2, 0) is 4.79 Å². The van der Waals surface area contributed by atoms with Gasteiger partial charge in [0, 0.05) is 43.5 Å². The number of amides is 2. The van der Waals surface area contributed by atoms with Crippen molar-refractivity contribution < 1.29 is 23.8 Å². The predicted molar refractivity (Wildman–Crippen MR) is 134 cm³/mol. The molecule has 2 aliphatic rings. The lowest BCUT2D eigenvalue weighted by Gasteiger charge is -2.40. The molecule has 0 aromatic heterocycles. The van der Waals surface area contributed by atoms with Gasteiger partial charge in [-0.3, -0.25) is 14.5 Å². The minimum Gasteiger partial charge on any atom is -0.497 e. The van der Waals surface area contributed by atoms with Crippen LogP contribution in [-0.4, -0.2) is 75.2 Å². The number of ether oxygens (including phenoxy) is 3. The lowest BCUT2D eigenvalue weighted by molar-refractivity contribution is -0.123. The average molecular weight is 482 g/mol. The lowest BCUT2D eigenvalue weighted by atomic mass is 9.94. The van der Waals surface area contributed by atoms with Gasteiger partial charge in [0.2, 0.25) is 5.91 Å². The van der Waals surface area contributed by atoms with E-state index in [1.807, 2.05) is 11.0 Å². The van der Waals surface area contributed by atoms with Gasteiger partial charge in [-0.2, -0.15) is 0 Å². The third kappa shape index (κ3) is 5.70. The molecule has 1 heterocycles. The van der Waals surface area contributed by atoms with Gasteiger partial charge in [0.05, 0.1) is 27.4 Å². The van der Waals surface area contributed by atoms with Crippen molar-refractivity contribution in [3.63, 3.8) is 0 Å². The Morgan fingerprint density at radius 1 is 0.857 bits per heavy atom. The maximum absolute atomic E-state index is 13.5. The number of anilines is 1. The van der Waals surface area contributed by atoms with Crippen molar-refractivity contribution in [2.45, 2.75) is 31.7 Å². The number of rotatable bonds is 8. The van der Waals surface area contributed by atoms with E-state index in [1.54, 1.807) is 57.7 Å². The number of nitrogens with one attached hydrogen (secondary N) is 1. The first-order chi connectivity index (χ1) is 17.0. The fraction of sp³-hybridized carbons (Fsp3) is 0.481. The molecular formula is C27H35N3O5. The van der Waals surface area contributed by atoms with Crippen LogP contribution in [0.2, 0.25) is 0 Å². The highest BCUT2D eigenvalue weighted by Crippen LogP contribution is 2.33. The van der Waals surface area contributed by atoms with E-state index in [-0.39, 0.29) is 17.9 Å². The summed E-state index contributed by atoms with van der Waals surface area (Å²) in [6.07, 6.45) is 4.41. The summed E-state index contributed by atoms with van der Waals surface area (Å²) in [5, 5.41) is 3.10. The van der Waals surface area contributed by atoms with E-state index in [0.717, 1.165) is 31.4 Å². The second-order valence-electron chi connectivity index (χ2n) is 9.11. The Labute approximate surface area is 207 Å². The zero-order chi connectivity index (χ0) is 24.8. The number of benzene rings is 2. The molecule has 4 rings (SSSR count). The summed E-state index contributed by atoms with van der Waals surface area (Å²) in [4.78, 5) is 30.6. The molecule has 8 nitrogen and oxygen atoms in total. The maximum Gasteiger partial charge on any atom is 0.253 e. The van der Waals surface area contributed by atoms with Gasteiger partial charge in [0.15, 0.2) is 11.5 Å². The topological polar surface area (TPSA) is 80.3 Å². The Hall–Kier alpha value is -3.26. The first-order valence-electron chi connectivity index (χ1n) is 12.2. The molecule has 2 amide bonds. The Bertz CT molecular complexity index is 1010. The third-order valence-corrected chi connectivity index (χ3v) is 7.10. The third-order valence-electron chi connectivity index (χ3n) is 7.10. The quantitative estimate of drug-likeness (QED) is 0.620. The Morgan fingerprint density at radius 3 is 2.11 bits per heavy atom. The fourth-order valence-corrected chi connectivity index (χ4v) is 5.20. The molecule has 1 aliphatic carbocycles. The van der Waals surface area contributed by atoms with E-state index < -0.39 is 0 Å². The molecule has 0 radical (unpaired) electrons. The Morgan fingerprint density at radius 2 is 1.51 bits per heavy atom. The van der Waals surface area contributed by atoms with Crippen molar-refractivity contribution in [2.75, 3.05) is 52.8 Å². The molecule has 0 bridgehead atoms. The number of hydrogen-bond donors (Lipinski definition) is 1. The van der Waals surface area contributed by atoms with Gasteiger partial charge in [-0.05, 0) is 55.2 Å². The summed E-state index contributed by atoms with van der Waals surface area (Å²) in [7, 11) is 4.78. The van der Waals surface area contributed by atoms with Gasteiger partial charge in [-0.1, -0.05) is 12.8 Å². The van der Waals surface area contributed by atoms with Gasteiger partial charge in [0.1, 0.15) is 5.75 Å². The average Bonchev–Trinajstić information content (AvgIpc) is 3.43. The normalized spacial score (nSPS) is 17.6. The Balaban J connectivity index is 1.43. The summed E-state index contributed by atoms with van der Waals surface area (Å²) in [5.41, 5.74) is 1.33. The Kier molecular flexibility index (Phi) is 8.13. The minimum absolute atomic E-state index is 0.000879. The number of nitrogens with zero attached hydrogens (tertiary/aromatic N) is 2. The molecule has 188 valence electrons. The van der Waals surface area contributed by atoms with Crippen LogP contribution in [0.5, 0.6) is 17.2 Å². The zero-order valence-corrected chi connectivity index (χ0v) is 20.8. The summed E-state index contributed by atoms with van der Waals surface area (Å²) >= 11 is 0. The monoisotopic (exact) mass is 481 g/mol. The van der Waals surface area contributed by atoms with Crippen LogP contribution < -0.4 is 19.5 Å². The molecule has 1 unspecified atom stereocenters. The maximum atomic E-state index is 13.5. The second kappa shape index (κ2) is 11.4. The molecule has 2 aromatic rings. The molecule has 0 spiro atoms. The molecule has 35 heavy (non-hydrogen) atoms. The number of methoxy groups -OCH3 is 3.